The van der Waals surface area contributed by atoms with Crippen molar-refractivity contribution in [3.8, 4) is 17.2 Å². The van der Waals surface area contributed by atoms with E-state index in [4.69, 9.17) is 5.26 Å². The van der Waals surface area contributed by atoms with Crippen LogP contribution >= 0.6 is 11.8 Å². The number of aromatic nitrogens is 2. The van der Waals surface area contributed by atoms with Crippen LogP contribution in [-0.2, 0) is 4.79 Å². The Kier molecular flexibility index (Phi) is 5.40. The molecule has 0 saturated carbocycles. The van der Waals surface area contributed by atoms with Gasteiger partial charge in [-0.25, -0.2) is 0 Å². The van der Waals surface area contributed by atoms with Crippen molar-refractivity contribution in [3.05, 3.63) is 60.6 Å². The summed E-state index contributed by atoms with van der Waals surface area (Å²) in [7, 11) is 0. The molecule has 2 aromatic heterocycles. The fraction of sp³-hybridized carbons (Fsp3) is 0.190. The first-order chi connectivity index (χ1) is 14.2. The molecule has 0 radical (unpaired) electrons. The average molecular weight is 403 g/mol. The van der Waals surface area contributed by atoms with Gasteiger partial charge in [0.05, 0.1) is 29.6 Å². The number of pyridine rings is 2. The predicted molar refractivity (Wildman–Crippen MR) is 111 cm³/mol. The van der Waals surface area contributed by atoms with Crippen molar-refractivity contribution < 1.29 is 9.59 Å². The van der Waals surface area contributed by atoms with Gasteiger partial charge in [-0.05, 0) is 29.8 Å². The van der Waals surface area contributed by atoms with Gasteiger partial charge in [0, 0.05) is 35.3 Å². The SMILES string of the molecule is N#C[C@@H]1CSCN1C(=O)CNC(=O)c1ccnc2ccc(-c3cccnc3)cc12. The van der Waals surface area contributed by atoms with E-state index >= 15 is 0 Å². The Hall–Kier alpha value is -3.44. The first kappa shape index (κ1) is 18.9. The third kappa shape index (κ3) is 3.91. The number of carbonyl (C=O) groups excluding carboxylic acids is 2. The zero-order chi connectivity index (χ0) is 20.2. The van der Waals surface area contributed by atoms with E-state index in [9.17, 15) is 9.59 Å². The highest BCUT2D eigenvalue weighted by Gasteiger charge is 2.29. The highest BCUT2D eigenvalue weighted by Crippen LogP contribution is 2.25. The number of fused-ring (bicyclic) bond motifs is 1. The number of carbonyl (C=O) groups is 2. The second kappa shape index (κ2) is 8.29. The van der Waals surface area contributed by atoms with Gasteiger partial charge in [0.2, 0.25) is 5.91 Å². The summed E-state index contributed by atoms with van der Waals surface area (Å²) >= 11 is 1.53. The quantitative estimate of drug-likeness (QED) is 0.718. The minimum Gasteiger partial charge on any atom is -0.343 e. The number of nitriles is 1. The Morgan fingerprint density at radius 1 is 1.24 bits per heavy atom. The lowest BCUT2D eigenvalue weighted by Crippen LogP contribution is -2.42. The summed E-state index contributed by atoms with van der Waals surface area (Å²) in [4.78, 5) is 35.1. The van der Waals surface area contributed by atoms with Gasteiger partial charge in [-0.1, -0.05) is 12.1 Å². The van der Waals surface area contributed by atoms with Crippen molar-refractivity contribution in [1.29, 1.82) is 5.26 Å². The smallest absolute Gasteiger partial charge is 0.252 e. The van der Waals surface area contributed by atoms with E-state index in [1.165, 1.54) is 16.7 Å². The van der Waals surface area contributed by atoms with E-state index in [2.05, 4.69) is 21.4 Å². The lowest BCUT2D eigenvalue weighted by Gasteiger charge is -2.18. The molecule has 0 unspecified atom stereocenters. The van der Waals surface area contributed by atoms with Crippen LogP contribution in [0.2, 0.25) is 0 Å². The van der Waals surface area contributed by atoms with Gasteiger partial charge in [0.15, 0.2) is 0 Å². The van der Waals surface area contributed by atoms with E-state index < -0.39 is 6.04 Å². The van der Waals surface area contributed by atoms with Gasteiger partial charge < -0.3 is 10.2 Å². The second-order valence-electron chi connectivity index (χ2n) is 6.52. The first-order valence-corrected chi connectivity index (χ1v) is 10.2. The van der Waals surface area contributed by atoms with Gasteiger partial charge in [-0.15, -0.1) is 11.8 Å². The molecule has 3 aromatic rings. The van der Waals surface area contributed by atoms with E-state index in [1.807, 2.05) is 30.3 Å². The molecule has 0 bridgehead atoms. The van der Waals surface area contributed by atoms with Crippen LogP contribution in [0.4, 0.5) is 0 Å². The van der Waals surface area contributed by atoms with Crippen LogP contribution in [0.25, 0.3) is 22.0 Å². The molecule has 3 heterocycles. The molecule has 144 valence electrons. The van der Waals surface area contributed by atoms with E-state index in [1.54, 1.807) is 24.7 Å². The molecular formula is C21H17N5O2S. The Morgan fingerprint density at radius 3 is 2.93 bits per heavy atom. The van der Waals surface area contributed by atoms with E-state index in [0.717, 1.165) is 11.1 Å². The van der Waals surface area contributed by atoms with Crippen LogP contribution in [0.1, 0.15) is 10.4 Å². The topological polar surface area (TPSA) is 99.0 Å². The van der Waals surface area contributed by atoms with Gasteiger partial charge in [0.1, 0.15) is 6.04 Å². The van der Waals surface area contributed by atoms with Crippen molar-refractivity contribution in [1.82, 2.24) is 20.2 Å². The summed E-state index contributed by atoms with van der Waals surface area (Å²) in [5.74, 6) is 0.459. The molecular weight excluding hydrogens is 386 g/mol. The van der Waals surface area contributed by atoms with E-state index in [0.29, 0.717) is 28.1 Å². The first-order valence-electron chi connectivity index (χ1n) is 9.01. The van der Waals surface area contributed by atoms with Crippen LogP contribution in [0.15, 0.2) is 55.0 Å². The maximum absolute atomic E-state index is 12.8. The monoisotopic (exact) mass is 403 g/mol. The fourth-order valence-electron chi connectivity index (χ4n) is 3.21. The number of hydrogen-bond acceptors (Lipinski definition) is 6. The van der Waals surface area contributed by atoms with Gasteiger partial charge in [-0.2, -0.15) is 5.26 Å². The van der Waals surface area contributed by atoms with Crippen LogP contribution in [0.3, 0.4) is 0 Å². The number of rotatable bonds is 4. The van der Waals surface area contributed by atoms with Crippen LogP contribution < -0.4 is 5.32 Å². The highest BCUT2D eigenvalue weighted by atomic mass is 32.2. The lowest BCUT2D eigenvalue weighted by atomic mass is 10.0. The Balaban J connectivity index is 1.56. The summed E-state index contributed by atoms with van der Waals surface area (Å²) < 4.78 is 0. The summed E-state index contributed by atoms with van der Waals surface area (Å²) in [5, 5.41) is 12.5. The van der Waals surface area contributed by atoms with Crippen molar-refractivity contribution in [2.45, 2.75) is 6.04 Å². The number of thioether (sulfide) groups is 1. The lowest BCUT2D eigenvalue weighted by molar-refractivity contribution is -0.129. The van der Waals surface area contributed by atoms with Crippen molar-refractivity contribution in [2.24, 2.45) is 0 Å². The Bertz CT molecular complexity index is 1110. The van der Waals surface area contributed by atoms with Crippen molar-refractivity contribution in [3.63, 3.8) is 0 Å². The Labute approximate surface area is 171 Å². The summed E-state index contributed by atoms with van der Waals surface area (Å²) in [6, 6.07) is 12.8. The van der Waals surface area contributed by atoms with Crippen LogP contribution in [-0.4, -0.2) is 50.9 Å². The van der Waals surface area contributed by atoms with Crippen molar-refractivity contribution >= 4 is 34.5 Å². The standard InChI is InChI=1S/C21H17N5O2S/c22-9-16-12-29-13-26(16)20(27)11-25-21(28)17-5-7-24-19-4-3-14(8-18(17)19)15-2-1-6-23-10-15/h1-8,10,16H,11-13H2,(H,25,28)/t16-/m1/s1. The third-order valence-electron chi connectivity index (χ3n) is 4.73. The fourth-order valence-corrected chi connectivity index (χ4v) is 4.31. The largest absolute Gasteiger partial charge is 0.343 e. The predicted octanol–water partition coefficient (Wildman–Crippen LogP) is 2.45. The number of amides is 2. The van der Waals surface area contributed by atoms with Crippen molar-refractivity contribution in [2.75, 3.05) is 18.2 Å². The Morgan fingerprint density at radius 2 is 2.14 bits per heavy atom. The molecule has 1 aromatic carbocycles. The third-order valence-corrected chi connectivity index (χ3v) is 5.75. The molecule has 0 spiro atoms. The molecule has 1 aliphatic heterocycles. The molecule has 1 fully saturated rings. The van der Waals surface area contributed by atoms with Gasteiger partial charge in [0.25, 0.3) is 5.91 Å². The number of nitrogens with one attached hydrogen (secondary N) is 1. The maximum atomic E-state index is 12.8. The zero-order valence-corrected chi connectivity index (χ0v) is 16.2. The summed E-state index contributed by atoms with van der Waals surface area (Å²) in [5.41, 5.74) is 3.00. The highest BCUT2D eigenvalue weighted by molar-refractivity contribution is 7.99. The van der Waals surface area contributed by atoms with Crippen LogP contribution in [0, 0.1) is 11.3 Å². The van der Waals surface area contributed by atoms with Gasteiger partial charge >= 0.3 is 0 Å². The number of nitrogens with zero attached hydrogens (tertiary/aromatic N) is 4. The molecule has 1 saturated heterocycles. The van der Waals surface area contributed by atoms with Gasteiger partial charge in [-0.3, -0.25) is 19.6 Å². The minimum atomic E-state index is -0.437. The molecule has 1 atom stereocenters. The normalized spacial score (nSPS) is 15.8. The second-order valence-corrected chi connectivity index (χ2v) is 7.52. The molecule has 29 heavy (non-hydrogen) atoms. The molecule has 0 aliphatic carbocycles. The summed E-state index contributed by atoms with van der Waals surface area (Å²) in [6.45, 7) is -0.149. The molecule has 4 rings (SSSR count). The summed E-state index contributed by atoms with van der Waals surface area (Å²) in [6.07, 6.45) is 5.04. The molecule has 1 aliphatic rings. The molecule has 7 nitrogen and oxygen atoms in total. The number of benzene rings is 1. The van der Waals surface area contributed by atoms with E-state index in [-0.39, 0.29) is 18.4 Å². The zero-order valence-electron chi connectivity index (χ0n) is 15.4. The maximum Gasteiger partial charge on any atom is 0.252 e. The minimum absolute atomic E-state index is 0.149. The molecule has 8 heteroatoms. The average Bonchev–Trinajstić information content (AvgIpc) is 3.26. The molecule has 2 amide bonds. The molecule has 1 N–H and O–H groups in total. The number of hydrogen-bond donors (Lipinski definition) is 1. The van der Waals surface area contributed by atoms with Crippen LogP contribution in [0.5, 0.6) is 0 Å².